The molecule has 0 spiro atoms. The highest BCUT2D eigenvalue weighted by atomic mass is 35.5. The van der Waals surface area contributed by atoms with Crippen molar-refractivity contribution in [2.75, 3.05) is 5.32 Å². The second kappa shape index (κ2) is 9.39. The Balaban J connectivity index is 1.83. The van der Waals surface area contributed by atoms with E-state index in [-0.39, 0.29) is 22.2 Å². The molecule has 192 valence electrons. The van der Waals surface area contributed by atoms with Gasteiger partial charge in [0.2, 0.25) is 0 Å². The van der Waals surface area contributed by atoms with Gasteiger partial charge in [0.05, 0.1) is 34.0 Å². The number of nitrogens with two attached hydrogens (primary N) is 1. The van der Waals surface area contributed by atoms with Crippen LogP contribution in [0.5, 0.6) is 0 Å². The van der Waals surface area contributed by atoms with Crippen LogP contribution < -0.4 is 11.1 Å². The van der Waals surface area contributed by atoms with Crippen molar-refractivity contribution >= 4 is 40.0 Å². The van der Waals surface area contributed by atoms with Gasteiger partial charge in [-0.15, -0.1) is 0 Å². The molecule has 0 aliphatic heterocycles. The molecule has 14 heteroatoms. The van der Waals surface area contributed by atoms with Gasteiger partial charge in [-0.1, -0.05) is 17.7 Å². The second-order valence-corrected chi connectivity index (χ2v) is 8.23. The van der Waals surface area contributed by atoms with Crippen molar-refractivity contribution in [2.24, 2.45) is 5.73 Å². The van der Waals surface area contributed by atoms with Gasteiger partial charge in [-0.3, -0.25) is 14.3 Å². The van der Waals surface area contributed by atoms with Gasteiger partial charge in [-0.25, -0.2) is 18.2 Å². The number of anilines is 1. The summed E-state index contributed by atoms with van der Waals surface area (Å²) in [5, 5.41) is 5.01. The van der Waals surface area contributed by atoms with Crippen LogP contribution in [0.25, 0.3) is 10.9 Å². The molecular weight excluding hydrogens is 528 g/mol. The minimum Gasteiger partial charge on any atom is -0.364 e. The first-order chi connectivity index (χ1) is 17.3. The fourth-order valence-electron chi connectivity index (χ4n) is 3.60. The van der Waals surface area contributed by atoms with Crippen molar-refractivity contribution in [2.45, 2.75) is 19.6 Å². The summed E-state index contributed by atoms with van der Waals surface area (Å²) in [5.41, 5.74) is 1.02. The third-order valence-corrected chi connectivity index (χ3v) is 5.72. The zero-order valence-electron chi connectivity index (χ0n) is 18.6. The fraction of sp³-hybridized carbons (Fsp3) is 0.130. The van der Waals surface area contributed by atoms with Crippen LogP contribution in [-0.2, 0) is 12.7 Å². The zero-order valence-corrected chi connectivity index (χ0v) is 19.3. The van der Waals surface area contributed by atoms with Crippen molar-refractivity contribution < 1.29 is 35.9 Å². The number of hydrogen-bond donors (Lipinski definition) is 2. The van der Waals surface area contributed by atoms with Crippen LogP contribution in [0.15, 0.2) is 36.4 Å². The number of halogens is 7. The number of fused-ring (bicyclic) bond motifs is 1. The number of pyridine rings is 1. The summed E-state index contributed by atoms with van der Waals surface area (Å²) >= 11 is 5.79. The predicted molar refractivity (Wildman–Crippen MR) is 121 cm³/mol. The SMILES string of the molecule is Cc1c(NC(=O)c2cc(C(N)=O)nc3cc(F)c(Cl)cc23)c(C(F)(F)F)nn1Cc1c(F)cccc1F. The summed E-state index contributed by atoms with van der Waals surface area (Å²) in [6, 6.07) is 5.71. The molecule has 2 amide bonds. The molecule has 0 fully saturated rings. The van der Waals surface area contributed by atoms with Crippen LogP contribution >= 0.6 is 11.6 Å². The summed E-state index contributed by atoms with van der Waals surface area (Å²) in [4.78, 5) is 28.7. The van der Waals surface area contributed by atoms with Crippen LogP contribution in [0, 0.1) is 24.4 Å². The topological polar surface area (TPSA) is 103 Å². The van der Waals surface area contributed by atoms with Gasteiger partial charge in [0, 0.05) is 17.0 Å². The van der Waals surface area contributed by atoms with Gasteiger partial charge in [-0.2, -0.15) is 18.3 Å². The van der Waals surface area contributed by atoms with E-state index in [0.717, 1.165) is 43.3 Å². The molecule has 3 N–H and O–H groups in total. The number of hydrogen-bond acceptors (Lipinski definition) is 4. The smallest absolute Gasteiger partial charge is 0.364 e. The van der Waals surface area contributed by atoms with Crippen molar-refractivity contribution in [3.8, 4) is 0 Å². The maximum Gasteiger partial charge on any atom is 0.437 e. The maximum atomic E-state index is 14.1. The lowest BCUT2D eigenvalue weighted by molar-refractivity contribution is -0.140. The molecule has 0 aliphatic carbocycles. The van der Waals surface area contributed by atoms with E-state index in [2.05, 4.69) is 15.4 Å². The van der Waals surface area contributed by atoms with Gasteiger partial charge in [0.1, 0.15) is 23.1 Å². The van der Waals surface area contributed by atoms with Crippen molar-refractivity contribution in [3.05, 3.63) is 87.1 Å². The summed E-state index contributed by atoms with van der Waals surface area (Å²) in [6.45, 7) is 0.449. The first-order valence-electron chi connectivity index (χ1n) is 10.3. The standard InChI is InChI=1S/C23H14ClF6N5O2/c1-9-19(20(23(28,29)30)34-35(9)8-12-14(25)3-2-4-15(12)26)33-22(37)11-6-18(21(31)36)32-17-7-16(27)13(24)5-10(11)17/h2-7H,8H2,1H3,(H2,31,36)(H,33,37). The number of nitrogens with zero attached hydrogens (tertiary/aromatic N) is 3. The molecule has 0 bridgehead atoms. The zero-order chi connectivity index (χ0) is 27.2. The van der Waals surface area contributed by atoms with Crippen molar-refractivity contribution in [3.63, 3.8) is 0 Å². The van der Waals surface area contributed by atoms with E-state index in [9.17, 15) is 35.9 Å². The fourth-order valence-corrected chi connectivity index (χ4v) is 3.76. The number of rotatable bonds is 5. The van der Waals surface area contributed by atoms with Gasteiger partial charge < -0.3 is 11.1 Å². The number of aromatic nitrogens is 3. The quantitative estimate of drug-likeness (QED) is 0.338. The van der Waals surface area contributed by atoms with Gasteiger partial charge in [-0.05, 0) is 31.2 Å². The van der Waals surface area contributed by atoms with Crippen LogP contribution in [0.2, 0.25) is 5.02 Å². The Labute approximate surface area is 208 Å². The molecule has 0 aliphatic rings. The highest BCUT2D eigenvalue weighted by Crippen LogP contribution is 2.37. The largest absolute Gasteiger partial charge is 0.437 e. The number of benzene rings is 2. The first kappa shape index (κ1) is 25.9. The molecule has 0 unspecified atom stereocenters. The van der Waals surface area contributed by atoms with E-state index < -0.39 is 69.6 Å². The molecule has 7 nitrogen and oxygen atoms in total. The first-order valence-corrected chi connectivity index (χ1v) is 10.6. The second-order valence-electron chi connectivity index (χ2n) is 7.82. The summed E-state index contributed by atoms with van der Waals surface area (Å²) in [7, 11) is 0. The van der Waals surface area contributed by atoms with Crippen LogP contribution in [0.1, 0.15) is 37.8 Å². The Hall–Kier alpha value is -4.13. The van der Waals surface area contributed by atoms with E-state index in [1.807, 2.05) is 0 Å². The van der Waals surface area contributed by atoms with Crippen LogP contribution in [0.4, 0.5) is 32.0 Å². The Kier molecular flexibility index (Phi) is 6.59. The minimum atomic E-state index is -5.07. The molecule has 37 heavy (non-hydrogen) atoms. The molecule has 2 aromatic heterocycles. The number of amides is 2. The molecule has 0 atom stereocenters. The molecule has 0 radical (unpaired) electrons. The van der Waals surface area contributed by atoms with E-state index in [1.54, 1.807) is 0 Å². The summed E-state index contributed by atoms with van der Waals surface area (Å²) < 4.78 is 84.3. The molecule has 4 rings (SSSR count). The Morgan fingerprint density at radius 1 is 1.08 bits per heavy atom. The van der Waals surface area contributed by atoms with E-state index in [1.165, 1.54) is 0 Å². The number of carbonyl (C=O) groups excluding carboxylic acids is 2. The monoisotopic (exact) mass is 541 g/mol. The molecular formula is C23H14ClF6N5O2. The number of primary amides is 1. The van der Waals surface area contributed by atoms with Gasteiger partial charge >= 0.3 is 6.18 Å². The average Bonchev–Trinajstić information content (AvgIpc) is 3.12. The van der Waals surface area contributed by atoms with Gasteiger partial charge in [0.15, 0.2) is 5.69 Å². The summed E-state index contributed by atoms with van der Waals surface area (Å²) in [5.74, 6) is -5.17. The van der Waals surface area contributed by atoms with Crippen LogP contribution in [0.3, 0.4) is 0 Å². The number of nitrogens with one attached hydrogen (secondary N) is 1. The normalized spacial score (nSPS) is 11.7. The Morgan fingerprint density at radius 2 is 1.73 bits per heavy atom. The molecule has 0 saturated heterocycles. The number of carbonyl (C=O) groups is 2. The molecule has 2 aromatic carbocycles. The Morgan fingerprint density at radius 3 is 2.32 bits per heavy atom. The van der Waals surface area contributed by atoms with E-state index in [0.29, 0.717) is 4.68 Å². The highest BCUT2D eigenvalue weighted by Gasteiger charge is 2.39. The minimum absolute atomic E-state index is 0.0825. The highest BCUT2D eigenvalue weighted by molar-refractivity contribution is 6.31. The number of alkyl halides is 3. The summed E-state index contributed by atoms with van der Waals surface area (Å²) in [6.07, 6.45) is -5.07. The lowest BCUT2D eigenvalue weighted by Crippen LogP contribution is -2.19. The molecule has 0 saturated carbocycles. The third-order valence-electron chi connectivity index (χ3n) is 5.43. The van der Waals surface area contributed by atoms with E-state index in [4.69, 9.17) is 17.3 Å². The van der Waals surface area contributed by atoms with Crippen molar-refractivity contribution in [1.82, 2.24) is 14.8 Å². The average molecular weight is 542 g/mol. The lowest BCUT2D eigenvalue weighted by atomic mass is 10.1. The Bertz CT molecular complexity index is 1560. The maximum absolute atomic E-state index is 14.1. The molecule has 2 heterocycles. The van der Waals surface area contributed by atoms with E-state index >= 15 is 0 Å². The predicted octanol–water partition coefficient (Wildman–Crippen LogP) is 5.23. The third kappa shape index (κ3) is 4.94. The lowest BCUT2D eigenvalue weighted by Gasteiger charge is -2.12. The van der Waals surface area contributed by atoms with Gasteiger partial charge in [0.25, 0.3) is 11.8 Å². The molecule has 4 aromatic rings. The van der Waals surface area contributed by atoms with Crippen LogP contribution in [-0.4, -0.2) is 26.6 Å². The van der Waals surface area contributed by atoms with Crippen molar-refractivity contribution in [1.29, 1.82) is 0 Å².